The molecule has 1 saturated carbocycles. The Hall–Kier alpha value is -1.35. The van der Waals surface area contributed by atoms with E-state index in [-0.39, 0.29) is 0 Å². The Morgan fingerprint density at radius 3 is 2.57 bits per heavy atom. The van der Waals surface area contributed by atoms with Crippen molar-refractivity contribution in [3.8, 4) is 0 Å². The van der Waals surface area contributed by atoms with Gasteiger partial charge in [-0.15, -0.1) is 0 Å². The zero-order chi connectivity index (χ0) is 15.6. The highest BCUT2D eigenvalue weighted by Crippen LogP contribution is 2.56. The number of rotatable bonds is 2. The molecule has 1 amide bonds. The highest BCUT2D eigenvalue weighted by molar-refractivity contribution is 5.96. The van der Waals surface area contributed by atoms with Crippen molar-refractivity contribution in [3.05, 3.63) is 29.8 Å². The van der Waals surface area contributed by atoms with E-state index in [0.29, 0.717) is 17.2 Å². The van der Waals surface area contributed by atoms with Crippen LogP contribution in [0.5, 0.6) is 0 Å². The lowest BCUT2D eigenvalue weighted by Gasteiger charge is -2.36. The topological polar surface area (TPSA) is 23.6 Å². The van der Waals surface area contributed by atoms with Crippen molar-refractivity contribution < 1.29 is 4.79 Å². The van der Waals surface area contributed by atoms with Crippen molar-refractivity contribution in [3.63, 3.8) is 0 Å². The van der Waals surface area contributed by atoms with Gasteiger partial charge in [-0.25, -0.2) is 0 Å². The molecule has 2 bridgehead atoms. The summed E-state index contributed by atoms with van der Waals surface area (Å²) in [7, 11) is 2.27. The van der Waals surface area contributed by atoms with E-state index in [0.717, 1.165) is 25.0 Å². The number of para-hydroxylation sites is 1. The van der Waals surface area contributed by atoms with Gasteiger partial charge in [-0.3, -0.25) is 4.79 Å². The Morgan fingerprint density at radius 2 is 1.87 bits per heavy atom. The van der Waals surface area contributed by atoms with Crippen LogP contribution in [0.1, 0.15) is 50.5 Å². The van der Waals surface area contributed by atoms with Crippen LogP contribution < -0.4 is 4.90 Å². The predicted octanol–water partition coefficient (Wildman–Crippen LogP) is 3.33. The van der Waals surface area contributed by atoms with Gasteiger partial charge in [-0.2, -0.15) is 0 Å². The van der Waals surface area contributed by atoms with Crippen LogP contribution in [0.25, 0.3) is 0 Å². The zero-order valence-corrected chi connectivity index (χ0v) is 14.0. The second-order valence-electron chi connectivity index (χ2n) is 8.37. The number of anilines is 1. The maximum Gasteiger partial charge on any atom is 0.227 e. The first kappa shape index (κ1) is 14.0. The van der Waals surface area contributed by atoms with Crippen LogP contribution in [-0.4, -0.2) is 36.5 Å². The first-order valence-corrected chi connectivity index (χ1v) is 9.28. The maximum absolute atomic E-state index is 13.0. The zero-order valence-electron chi connectivity index (χ0n) is 14.0. The van der Waals surface area contributed by atoms with Crippen molar-refractivity contribution >= 4 is 11.6 Å². The standard InChI is InChI=1S/C20H26N2O/c1-21-15-6-7-16(21)11-14(10-15)12-19(23)22-13-20(8-9-20)17-4-2-3-5-18(17)22/h2-5,14-16H,6-13H2,1H3/t14?,15-,16+. The molecular weight excluding hydrogens is 284 g/mol. The van der Waals surface area contributed by atoms with E-state index in [1.165, 1.54) is 49.8 Å². The smallest absolute Gasteiger partial charge is 0.227 e. The van der Waals surface area contributed by atoms with E-state index in [2.05, 4.69) is 41.1 Å². The average molecular weight is 310 g/mol. The van der Waals surface area contributed by atoms with Gasteiger partial charge in [0, 0.05) is 36.2 Å². The van der Waals surface area contributed by atoms with Gasteiger partial charge < -0.3 is 9.80 Å². The third-order valence-corrected chi connectivity index (χ3v) is 7.04. The van der Waals surface area contributed by atoms with Crippen LogP contribution in [0.15, 0.2) is 24.3 Å². The summed E-state index contributed by atoms with van der Waals surface area (Å²) in [5, 5.41) is 0. The summed E-state index contributed by atoms with van der Waals surface area (Å²) in [6, 6.07) is 10.1. The molecule has 3 nitrogen and oxygen atoms in total. The second-order valence-corrected chi connectivity index (χ2v) is 8.37. The maximum atomic E-state index is 13.0. The highest BCUT2D eigenvalue weighted by Gasteiger charge is 2.53. The van der Waals surface area contributed by atoms with Crippen LogP contribution in [0, 0.1) is 5.92 Å². The van der Waals surface area contributed by atoms with Gasteiger partial charge in [0.25, 0.3) is 0 Å². The van der Waals surface area contributed by atoms with Crippen molar-refractivity contribution in [1.29, 1.82) is 0 Å². The van der Waals surface area contributed by atoms with E-state index in [9.17, 15) is 4.79 Å². The van der Waals surface area contributed by atoms with Gasteiger partial charge in [0.1, 0.15) is 0 Å². The molecule has 0 radical (unpaired) electrons. The highest BCUT2D eigenvalue weighted by atomic mass is 16.2. The number of benzene rings is 1. The van der Waals surface area contributed by atoms with Crippen LogP contribution in [0.4, 0.5) is 5.69 Å². The second kappa shape index (κ2) is 4.83. The number of nitrogens with zero attached hydrogens (tertiary/aromatic N) is 2. The molecule has 3 atom stereocenters. The van der Waals surface area contributed by atoms with Gasteiger partial charge >= 0.3 is 0 Å². The molecule has 1 aromatic carbocycles. The molecule has 1 spiro atoms. The molecule has 4 aliphatic rings. The van der Waals surface area contributed by atoms with E-state index in [1.54, 1.807) is 0 Å². The molecule has 5 rings (SSSR count). The Labute approximate surface area is 138 Å². The fraction of sp³-hybridized carbons (Fsp3) is 0.650. The van der Waals surface area contributed by atoms with Gasteiger partial charge in [0.2, 0.25) is 5.91 Å². The molecular formula is C20H26N2O. The molecule has 23 heavy (non-hydrogen) atoms. The number of carbonyl (C=O) groups excluding carboxylic acids is 1. The quantitative estimate of drug-likeness (QED) is 0.836. The Morgan fingerprint density at radius 1 is 1.17 bits per heavy atom. The van der Waals surface area contributed by atoms with E-state index in [1.807, 2.05) is 0 Å². The molecule has 1 unspecified atom stereocenters. The fourth-order valence-electron chi connectivity index (χ4n) is 5.48. The molecule has 122 valence electrons. The molecule has 0 aromatic heterocycles. The largest absolute Gasteiger partial charge is 0.311 e. The molecule has 3 fully saturated rings. The predicted molar refractivity (Wildman–Crippen MR) is 91.6 cm³/mol. The van der Waals surface area contributed by atoms with Crippen molar-refractivity contribution in [1.82, 2.24) is 4.90 Å². The summed E-state index contributed by atoms with van der Waals surface area (Å²) < 4.78 is 0. The minimum Gasteiger partial charge on any atom is -0.311 e. The van der Waals surface area contributed by atoms with Gasteiger partial charge in [0.05, 0.1) is 0 Å². The van der Waals surface area contributed by atoms with Crippen LogP contribution >= 0.6 is 0 Å². The van der Waals surface area contributed by atoms with E-state index >= 15 is 0 Å². The fourth-order valence-corrected chi connectivity index (χ4v) is 5.48. The number of hydrogen-bond donors (Lipinski definition) is 0. The summed E-state index contributed by atoms with van der Waals surface area (Å²) in [6.07, 6.45) is 8.38. The lowest BCUT2D eigenvalue weighted by molar-refractivity contribution is -0.120. The van der Waals surface area contributed by atoms with Crippen LogP contribution in [0.2, 0.25) is 0 Å². The Kier molecular flexibility index (Phi) is 2.94. The summed E-state index contributed by atoms with van der Waals surface area (Å²) in [4.78, 5) is 17.7. The van der Waals surface area contributed by atoms with Gasteiger partial charge in [0.15, 0.2) is 0 Å². The third-order valence-electron chi connectivity index (χ3n) is 7.04. The lowest BCUT2D eigenvalue weighted by atomic mass is 9.88. The van der Waals surface area contributed by atoms with Crippen LogP contribution in [0.3, 0.4) is 0 Å². The molecule has 1 aliphatic carbocycles. The summed E-state index contributed by atoms with van der Waals surface area (Å²) in [6.45, 7) is 0.935. The molecule has 0 N–H and O–H groups in total. The Balaban J connectivity index is 1.33. The molecule has 1 aromatic rings. The van der Waals surface area contributed by atoms with Crippen molar-refractivity contribution in [2.24, 2.45) is 5.92 Å². The summed E-state index contributed by atoms with van der Waals surface area (Å²) in [5.41, 5.74) is 2.95. The third kappa shape index (κ3) is 2.09. The number of hydrogen-bond acceptors (Lipinski definition) is 2. The normalized spacial score (nSPS) is 34.0. The molecule has 3 heterocycles. The number of fused-ring (bicyclic) bond motifs is 4. The number of amides is 1. The molecule has 2 saturated heterocycles. The monoisotopic (exact) mass is 310 g/mol. The van der Waals surface area contributed by atoms with E-state index < -0.39 is 0 Å². The van der Waals surface area contributed by atoms with Crippen molar-refractivity contribution in [2.45, 2.75) is 62.4 Å². The Bertz CT molecular complexity index is 637. The minimum absolute atomic E-state index is 0.318. The van der Waals surface area contributed by atoms with Gasteiger partial charge in [-0.05, 0) is 63.1 Å². The number of piperidine rings is 1. The number of carbonyl (C=O) groups is 1. The van der Waals surface area contributed by atoms with E-state index in [4.69, 9.17) is 0 Å². The minimum atomic E-state index is 0.318. The molecule has 3 aliphatic heterocycles. The lowest BCUT2D eigenvalue weighted by Crippen LogP contribution is -2.42. The average Bonchev–Trinajstić information content (AvgIpc) is 3.22. The summed E-state index contributed by atoms with van der Waals surface area (Å²) in [5.74, 6) is 0.967. The van der Waals surface area contributed by atoms with Crippen molar-refractivity contribution in [2.75, 3.05) is 18.5 Å². The van der Waals surface area contributed by atoms with Crippen LogP contribution in [-0.2, 0) is 10.2 Å². The summed E-state index contributed by atoms with van der Waals surface area (Å²) >= 11 is 0. The molecule has 3 heteroatoms. The SMILES string of the molecule is CN1[C@@H]2CC[C@H]1CC(CC(=O)N1CC3(CC3)c3ccccc31)C2. The van der Waals surface area contributed by atoms with Gasteiger partial charge in [-0.1, -0.05) is 18.2 Å². The first-order chi connectivity index (χ1) is 11.2. The first-order valence-electron chi connectivity index (χ1n) is 9.28.